The number of hydrogen-bond acceptors (Lipinski definition) is 4. The maximum Gasteiger partial charge on any atom is 0.234 e. The third kappa shape index (κ3) is 6.49. The topological polar surface area (TPSA) is 61.4 Å². The van der Waals surface area contributed by atoms with E-state index in [1.165, 1.54) is 0 Å². The molecule has 0 heterocycles. The van der Waals surface area contributed by atoms with Crippen LogP contribution in [0.1, 0.15) is 20.3 Å². The summed E-state index contributed by atoms with van der Waals surface area (Å²) >= 11 is 1.60. The summed E-state index contributed by atoms with van der Waals surface area (Å²) in [6.07, 6.45) is 2.35. The van der Waals surface area contributed by atoms with Gasteiger partial charge in [-0.05, 0) is 31.9 Å². The van der Waals surface area contributed by atoms with Crippen molar-refractivity contribution in [1.82, 2.24) is 10.2 Å². The fourth-order valence-corrected chi connectivity index (χ4v) is 2.58. The number of carbonyl (C=O) groups excluding carboxylic acids is 2. The van der Waals surface area contributed by atoms with Crippen molar-refractivity contribution in [3.63, 3.8) is 0 Å². The molecular formula is C16H25N3O2S. The highest BCUT2D eigenvalue weighted by atomic mass is 32.2. The van der Waals surface area contributed by atoms with E-state index < -0.39 is 0 Å². The molecule has 2 amide bonds. The van der Waals surface area contributed by atoms with Gasteiger partial charge in [-0.15, -0.1) is 11.8 Å². The number of nitrogens with one attached hydrogen (secondary N) is 2. The Morgan fingerprint density at radius 3 is 2.55 bits per heavy atom. The van der Waals surface area contributed by atoms with Gasteiger partial charge in [0.05, 0.1) is 12.2 Å². The average Bonchev–Trinajstić information content (AvgIpc) is 2.52. The van der Waals surface area contributed by atoms with Gasteiger partial charge in [-0.1, -0.05) is 19.1 Å². The van der Waals surface area contributed by atoms with E-state index in [2.05, 4.69) is 10.6 Å². The number of likely N-dealkylation sites (N-methyl/N-ethyl adjacent to an activating group) is 2. The molecule has 0 saturated heterocycles. The van der Waals surface area contributed by atoms with Crippen LogP contribution in [0.3, 0.4) is 0 Å². The molecule has 1 aromatic rings. The zero-order valence-electron chi connectivity index (χ0n) is 13.5. The molecule has 0 bridgehead atoms. The lowest BCUT2D eigenvalue weighted by molar-refractivity contribution is -0.123. The monoisotopic (exact) mass is 323 g/mol. The maximum absolute atomic E-state index is 12.1. The molecule has 0 unspecified atom stereocenters. The highest BCUT2D eigenvalue weighted by Crippen LogP contribution is 2.24. The second-order valence-corrected chi connectivity index (χ2v) is 5.67. The quantitative estimate of drug-likeness (QED) is 0.684. The molecule has 0 aliphatic heterocycles. The predicted octanol–water partition coefficient (Wildman–Crippen LogP) is 2.20. The standard InChI is InChI=1S/C16H25N3O2S/c1-4-17-16(21)12-19(5-2)11-10-15(20)18-13-8-6-7-9-14(13)22-3/h6-9H,4-5,10-12H2,1-3H3,(H,17,21)(H,18,20). The fourth-order valence-electron chi connectivity index (χ4n) is 2.03. The minimum absolute atomic E-state index is 0.00233. The molecule has 0 fully saturated rings. The summed E-state index contributed by atoms with van der Waals surface area (Å²) in [6, 6.07) is 7.74. The number of nitrogens with zero attached hydrogens (tertiary/aromatic N) is 1. The summed E-state index contributed by atoms with van der Waals surface area (Å²) < 4.78 is 0. The second-order valence-electron chi connectivity index (χ2n) is 4.82. The molecule has 1 rings (SSSR count). The number of anilines is 1. The first-order valence-electron chi connectivity index (χ1n) is 7.52. The Morgan fingerprint density at radius 1 is 1.18 bits per heavy atom. The number of rotatable bonds is 9. The maximum atomic E-state index is 12.1. The Kier molecular flexibility index (Phi) is 8.62. The van der Waals surface area contributed by atoms with Gasteiger partial charge in [-0.3, -0.25) is 14.5 Å². The molecule has 0 spiro atoms. The Balaban J connectivity index is 2.45. The molecule has 0 aliphatic carbocycles. The van der Waals surface area contributed by atoms with E-state index in [9.17, 15) is 9.59 Å². The number of benzene rings is 1. The highest BCUT2D eigenvalue weighted by Gasteiger charge is 2.11. The summed E-state index contributed by atoms with van der Waals surface area (Å²) in [7, 11) is 0. The second kappa shape index (κ2) is 10.2. The summed E-state index contributed by atoms with van der Waals surface area (Å²) in [4.78, 5) is 26.7. The Hall–Kier alpha value is -1.53. The van der Waals surface area contributed by atoms with Gasteiger partial charge in [0.1, 0.15) is 0 Å². The van der Waals surface area contributed by atoms with E-state index in [4.69, 9.17) is 0 Å². The SMILES string of the molecule is CCNC(=O)CN(CC)CCC(=O)Nc1ccccc1SC. The van der Waals surface area contributed by atoms with E-state index in [0.717, 1.165) is 17.1 Å². The molecule has 6 heteroatoms. The third-order valence-corrected chi connectivity index (χ3v) is 4.02. The van der Waals surface area contributed by atoms with Crippen molar-refractivity contribution in [3.05, 3.63) is 24.3 Å². The smallest absolute Gasteiger partial charge is 0.234 e. The Morgan fingerprint density at radius 2 is 1.91 bits per heavy atom. The molecule has 0 radical (unpaired) electrons. The van der Waals surface area contributed by atoms with Crippen LogP contribution in [0.15, 0.2) is 29.2 Å². The van der Waals surface area contributed by atoms with Crippen LogP contribution in [-0.4, -0.2) is 49.1 Å². The zero-order chi connectivity index (χ0) is 16.4. The lowest BCUT2D eigenvalue weighted by Gasteiger charge is -2.19. The lowest BCUT2D eigenvalue weighted by atomic mass is 10.3. The zero-order valence-corrected chi connectivity index (χ0v) is 14.3. The van der Waals surface area contributed by atoms with Gasteiger partial charge >= 0.3 is 0 Å². The molecule has 0 aromatic heterocycles. The van der Waals surface area contributed by atoms with E-state index >= 15 is 0 Å². The molecule has 0 saturated carbocycles. The molecular weight excluding hydrogens is 298 g/mol. The van der Waals surface area contributed by atoms with Crippen molar-refractivity contribution in [2.45, 2.75) is 25.2 Å². The number of thioether (sulfide) groups is 1. The van der Waals surface area contributed by atoms with E-state index in [-0.39, 0.29) is 11.8 Å². The van der Waals surface area contributed by atoms with Crippen molar-refractivity contribution in [2.75, 3.05) is 37.8 Å². The summed E-state index contributed by atoms with van der Waals surface area (Å²) in [6.45, 7) is 6.15. The van der Waals surface area contributed by atoms with Crippen molar-refractivity contribution >= 4 is 29.3 Å². The van der Waals surface area contributed by atoms with Gasteiger partial charge < -0.3 is 10.6 Å². The molecule has 1 aromatic carbocycles. The van der Waals surface area contributed by atoms with Crippen LogP contribution in [0.25, 0.3) is 0 Å². The fraction of sp³-hybridized carbons (Fsp3) is 0.500. The van der Waals surface area contributed by atoms with Gasteiger partial charge in [0.15, 0.2) is 0 Å². The van der Waals surface area contributed by atoms with Gasteiger partial charge in [0, 0.05) is 24.4 Å². The molecule has 5 nitrogen and oxygen atoms in total. The number of hydrogen-bond donors (Lipinski definition) is 2. The number of carbonyl (C=O) groups is 2. The van der Waals surface area contributed by atoms with Crippen LogP contribution in [0.4, 0.5) is 5.69 Å². The minimum atomic E-state index is -0.0316. The lowest BCUT2D eigenvalue weighted by Crippen LogP contribution is -2.38. The first-order chi connectivity index (χ1) is 10.6. The van der Waals surface area contributed by atoms with E-state index in [1.807, 2.05) is 49.3 Å². The molecule has 122 valence electrons. The molecule has 0 atom stereocenters. The molecule has 2 N–H and O–H groups in total. The van der Waals surface area contributed by atoms with E-state index in [1.54, 1.807) is 11.8 Å². The highest BCUT2D eigenvalue weighted by molar-refractivity contribution is 7.98. The van der Waals surface area contributed by atoms with Gasteiger partial charge in [0.25, 0.3) is 0 Å². The number of amides is 2. The molecule has 0 aliphatic rings. The van der Waals surface area contributed by atoms with Crippen LogP contribution < -0.4 is 10.6 Å². The minimum Gasteiger partial charge on any atom is -0.355 e. The average molecular weight is 323 g/mol. The van der Waals surface area contributed by atoms with Crippen molar-refractivity contribution < 1.29 is 9.59 Å². The van der Waals surface area contributed by atoms with Crippen molar-refractivity contribution in [3.8, 4) is 0 Å². The van der Waals surface area contributed by atoms with Gasteiger partial charge in [-0.2, -0.15) is 0 Å². The van der Waals surface area contributed by atoms with E-state index in [0.29, 0.717) is 26.1 Å². The van der Waals surface area contributed by atoms with Crippen LogP contribution in [0, 0.1) is 0 Å². The summed E-state index contributed by atoms with van der Waals surface area (Å²) in [5.74, 6) is -0.0339. The van der Waals surface area contributed by atoms with Gasteiger partial charge in [-0.25, -0.2) is 0 Å². The molecule has 22 heavy (non-hydrogen) atoms. The largest absolute Gasteiger partial charge is 0.355 e. The normalized spacial score (nSPS) is 10.5. The van der Waals surface area contributed by atoms with Crippen LogP contribution in [0.2, 0.25) is 0 Å². The Bertz CT molecular complexity index is 494. The summed E-state index contributed by atoms with van der Waals surface area (Å²) in [5, 5.41) is 5.70. The first kappa shape index (κ1) is 18.5. The van der Waals surface area contributed by atoms with Crippen molar-refractivity contribution in [1.29, 1.82) is 0 Å². The predicted molar refractivity (Wildman–Crippen MR) is 92.3 cm³/mol. The van der Waals surface area contributed by atoms with Gasteiger partial charge in [0.2, 0.25) is 11.8 Å². The Labute approximate surface area is 136 Å². The first-order valence-corrected chi connectivity index (χ1v) is 8.75. The summed E-state index contributed by atoms with van der Waals surface area (Å²) in [5.41, 5.74) is 0.840. The van der Waals surface area contributed by atoms with Crippen LogP contribution in [0.5, 0.6) is 0 Å². The van der Waals surface area contributed by atoms with Crippen molar-refractivity contribution in [2.24, 2.45) is 0 Å². The van der Waals surface area contributed by atoms with Crippen LogP contribution in [-0.2, 0) is 9.59 Å². The number of para-hydroxylation sites is 1. The van der Waals surface area contributed by atoms with Crippen LogP contribution >= 0.6 is 11.8 Å². The third-order valence-electron chi connectivity index (χ3n) is 3.22.